The average Bonchev–Trinajstić information content (AvgIpc) is 3.24. The summed E-state index contributed by atoms with van der Waals surface area (Å²) in [6, 6.07) is 1.29. The summed E-state index contributed by atoms with van der Waals surface area (Å²) >= 11 is 6.39. The predicted octanol–water partition coefficient (Wildman–Crippen LogP) is 2.34. The van der Waals surface area contributed by atoms with Crippen LogP contribution in [-0.2, 0) is 13.6 Å². The lowest BCUT2D eigenvalue weighted by Gasteiger charge is -2.40. The lowest BCUT2D eigenvalue weighted by atomic mass is 10.0. The molecule has 1 N–H and O–H groups in total. The van der Waals surface area contributed by atoms with E-state index in [2.05, 4.69) is 29.2 Å². The molecule has 0 bridgehead atoms. The van der Waals surface area contributed by atoms with Gasteiger partial charge < -0.3 is 5.32 Å². The Morgan fingerprint density at radius 1 is 1.40 bits per heavy atom. The molecular weight excluding hydrogens is 272 g/mol. The van der Waals surface area contributed by atoms with Gasteiger partial charge >= 0.3 is 0 Å². The fourth-order valence-electron chi connectivity index (χ4n) is 3.35. The Hall–Kier alpha value is -0.580. The molecule has 5 heteroatoms. The highest BCUT2D eigenvalue weighted by Crippen LogP contribution is 2.35. The molecule has 2 atom stereocenters. The molecule has 1 aliphatic carbocycles. The van der Waals surface area contributed by atoms with Crippen LogP contribution in [0.3, 0.4) is 0 Å². The van der Waals surface area contributed by atoms with E-state index in [1.165, 1.54) is 24.8 Å². The zero-order chi connectivity index (χ0) is 14.3. The van der Waals surface area contributed by atoms with Gasteiger partial charge in [0.1, 0.15) is 5.15 Å². The Labute approximate surface area is 126 Å². The van der Waals surface area contributed by atoms with Crippen LogP contribution in [0.1, 0.15) is 37.4 Å². The van der Waals surface area contributed by atoms with Crippen LogP contribution >= 0.6 is 11.6 Å². The summed E-state index contributed by atoms with van der Waals surface area (Å²) in [5, 5.41) is 8.96. The normalized spacial score (nSPS) is 28.0. The molecule has 20 heavy (non-hydrogen) atoms. The van der Waals surface area contributed by atoms with Crippen LogP contribution in [0.2, 0.25) is 5.15 Å². The van der Waals surface area contributed by atoms with E-state index >= 15 is 0 Å². The molecular formula is C15H25ClN4. The van der Waals surface area contributed by atoms with Crippen LogP contribution < -0.4 is 5.32 Å². The zero-order valence-electron chi connectivity index (χ0n) is 12.7. The van der Waals surface area contributed by atoms with Gasteiger partial charge in [0.25, 0.3) is 0 Å². The van der Waals surface area contributed by atoms with Gasteiger partial charge in [0, 0.05) is 44.3 Å². The van der Waals surface area contributed by atoms with Crippen LogP contribution in [0.25, 0.3) is 0 Å². The van der Waals surface area contributed by atoms with E-state index in [-0.39, 0.29) is 0 Å². The van der Waals surface area contributed by atoms with E-state index in [4.69, 9.17) is 11.6 Å². The average molecular weight is 297 g/mol. The molecule has 2 heterocycles. The molecule has 1 saturated heterocycles. The minimum Gasteiger partial charge on any atom is -0.311 e. The van der Waals surface area contributed by atoms with Crippen molar-refractivity contribution in [1.82, 2.24) is 20.0 Å². The number of piperazine rings is 1. The first kappa shape index (κ1) is 14.4. The van der Waals surface area contributed by atoms with Crippen molar-refractivity contribution in [3.05, 3.63) is 16.4 Å². The maximum atomic E-state index is 6.39. The van der Waals surface area contributed by atoms with Crippen molar-refractivity contribution in [3.8, 4) is 0 Å². The molecule has 3 rings (SSSR count). The van der Waals surface area contributed by atoms with Crippen molar-refractivity contribution in [1.29, 1.82) is 0 Å². The first-order valence-corrected chi connectivity index (χ1v) is 8.13. The second-order valence-corrected chi connectivity index (χ2v) is 6.68. The van der Waals surface area contributed by atoms with Gasteiger partial charge in [0.05, 0.1) is 5.69 Å². The molecule has 0 aromatic carbocycles. The van der Waals surface area contributed by atoms with Gasteiger partial charge in [-0.05, 0) is 32.1 Å². The second kappa shape index (κ2) is 5.66. The van der Waals surface area contributed by atoms with Gasteiger partial charge in [-0.3, -0.25) is 9.58 Å². The molecule has 1 aliphatic heterocycles. The summed E-state index contributed by atoms with van der Waals surface area (Å²) in [5.74, 6) is 0.903. The molecule has 1 saturated carbocycles. The third-order valence-corrected chi connectivity index (χ3v) is 5.33. The maximum absolute atomic E-state index is 6.39. The number of aryl methyl sites for hydroxylation is 2. The summed E-state index contributed by atoms with van der Waals surface area (Å²) in [6.07, 6.45) is 3.98. The standard InChI is InChI=1S/C15H25ClN4/c1-4-12-7-17-14(11-5-6-11)9-20(12)8-13-10(2)18-19(3)15(13)16/h11-12,14,17H,4-9H2,1-3H3. The largest absolute Gasteiger partial charge is 0.311 e. The van der Waals surface area contributed by atoms with Gasteiger partial charge in [-0.25, -0.2) is 0 Å². The van der Waals surface area contributed by atoms with Gasteiger partial charge in [-0.1, -0.05) is 18.5 Å². The van der Waals surface area contributed by atoms with E-state index in [9.17, 15) is 0 Å². The number of rotatable bonds is 4. The summed E-state index contributed by atoms with van der Waals surface area (Å²) in [7, 11) is 1.92. The van der Waals surface area contributed by atoms with Crippen molar-refractivity contribution in [2.45, 2.75) is 51.7 Å². The number of halogens is 1. The van der Waals surface area contributed by atoms with Gasteiger partial charge in [-0.15, -0.1) is 0 Å². The molecule has 2 unspecified atom stereocenters. The van der Waals surface area contributed by atoms with E-state index in [0.717, 1.165) is 36.4 Å². The van der Waals surface area contributed by atoms with E-state index < -0.39 is 0 Å². The topological polar surface area (TPSA) is 33.1 Å². The highest BCUT2D eigenvalue weighted by Gasteiger charge is 2.37. The van der Waals surface area contributed by atoms with E-state index in [0.29, 0.717) is 12.1 Å². The summed E-state index contributed by atoms with van der Waals surface area (Å²) in [5.41, 5.74) is 2.26. The number of nitrogens with one attached hydrogen (secondary N) is 1. The van der Waals surface area contributed by atoms with Crippen LogP contribution in [0.15, 0.2) is 0 Å². The third-order valence-electron chi connectivity index (χ3n) is 4.86. The van der Waals surface area contributed by atoms with Crippen molar-refractivity contribution in [2.75, 3.05) is 13.1 Å². The Bertz CT molecular complexity index is 480. The highest BCUT2D eigenvalue weighted by molar-refractivity contribution is 6.30. The lowest BCUT2D eigenvalue weighted by molar-refractivity contribution is 0.111. The van der Waals surface area contributed by atoms with Crippen LogP contribution in [0.4, 0.5) is 0 Å². The highest BCUT2D eigenvalue weighted by atomic mass is 35.5. The zero-order valence-corrected chi connectivity index (χ0v) is 13.5. The van der Waals surface area contributed by atoms with Gasteiger partial charge in [0.2, 0.25) is 0 Å². The van der Waals surface area contributed by atoms with E-state index in [1.807, 2.05) is 7.05 Å². The van der Waals surface area contributed by atoms with Crippen molar-refractivity contribution in [2.24, 2.45) is 13.0 Å². The van der Waals surface area contributed by atoms with Crippen LogP contribution in [0.5, 0.6) is 0 Å². The molecule has 2 fully saturated rings. The Kier molecular flexibility index (Phi) is 4.07. The molecule has 1 aromatic rings. The molecule has 112 valence electrons. The predicted molar refractivity (Wildman–Crippen MR) is 82.0 cm³/mol. The second-order valence-electron chi connectivity index (χ2n) is 6.32. The third kappa shape index (κ3) is 2.74. The monoisotopic (exact) mass is 296 g/mol. The molecule has 0 radical (unpaired) electrons. The number of hydrogen-bond acceptors (Lipinski definition) is 3. The first-order valence-electron chi connectivity index (χ1n) is 7.75. The SMILES string of the molecule is CCC1CNC(C2CC2)CN1Cc1c(C)nn(C)c1Cl. The maximum Gasteiger partial charge on any atom is 0.131 e. The smallest absolute Gasteiger partial charge is 0.131 e. The van der Waals surface area contributed by atoms with Gasteiger partial charge in [-0.2, -0.15) is 5.10 Å². The van der Waals surface area contributed by atoms with Crippen LogP contribution in [0, 0.1) is 12.8 Å². The minimum atomic E-state index is 0.612. The van der Waals surface area contributed by atoms with Crippen LogP contribution in [-0.4, -0.2) is 39.9 Å². The Morgan fingerprint density at radius 2 is 2.15 bits per heavy atom. The molecule has 0 amide bonds. The number of aromatic nitrogens is 2. The molecule has 2 aliphatic rings. The number of nitrogens with zero attached hydrogens (tertiary/aromatic N) is 3. The van der Waals surface area contributed by atoms with Gasteiger partial charge in [0.15, 0.2) is 0 Å². The Balaban J connectivity index is 1.75. The van der Waals surface area contributed by atoms with Crippen molar-refractivity contribution in [3.63, 3.8) is 0 Å². The minimum absolute atomic E-state index is 0.612. The summed E-state index contributed by atoms with van der Waals surface area (Å²) in [6.45, 7) is 7.52. The molecule has 1 aromatic heterocycles. The Morgan fingerprint density at radius 3 is 2.70 bits per heavy atom. The first-order chi connectivity index (χ1) is 9.60. The summed E-state index contributed by atoms with van der Waals surface area (Å²) in [4.78, 5) is 2.61. The van der Waals surface area contributed by atoms with E-state index in [1.54, 1.807) is 4.68 Å². The fourth-order valence-corrected chi connectivity index (χ4v) is 3.58. The molecule has 0 spiro atoms. The fraction of sp³-hybridized carbons (Fsp3) is 0.800. The molecule has 4 nitrogen and oxygen atoms in total. The quantitative estimate of drug-likeness (QED) is 0.926. The lowest BCUT2D eigenvalue weighted by Crippen LogP contribution is -2.56. The number of hydrogen-bond donors (Lipinski definition) is 1. The summed E-state index contributed by atoms with van der Waals surface area (Å²) < 4.78 is 1.79. The van der Waals surface area contributed by atoms with Crippen molar-refractivity contribution < 1.29 is 0 Å². The van der Waals surface area contributed by atoms with Crippen molar-refractivity contribution >= 4 is 11.6 Å².